The van der Waals surface area contributed by atoms with Crippen LogP contribution in [-0.4, -0.2) is 73.1 Å². The summed E-state index contributed by atoms with van der Waals surface area (Å²) in [6.45, 7) is 3.66. The number of hydrogen-bond acceptors (Lipinski definition) is 6. The van der Waals surface area contributed by atoms with Crippen LogP contribution in [0.1, 0.15) is 18.4 Å². The molecule has 1 aromatic heterocycles. The molecule has 0 saturated carbocycles. The highest BCUT2D eigenvalue weighted by Crippen LogP contribution is 2.35. The summed E-state index contributed by atoms with van der Waals surface area (Å²) in [6.07, 6.45) is 2.34. The van der Waals surface area contributed by atoms with Gasteiger partial charge in [0.25, 0.3) is 5.56 Å². The van der Waals surface area contributed by atoms with E-state index in [1.807, 2.05) is 31.1 Å². The Bertz CT molecular complexity index is 971. The molecule has 1 atom stereocenters. The molecular weight excluding hydrogens is 404 g/mol. The van der Waals surface area contributed by atoms with E-state index in [9.17, 15) is 4.79 Å². The van der Waals surface area contributed by atoms with Crippen LogP contribution in [0, 0.1) is 0 Å². The van der Waals surface area contributed by atoms with Crippen LogP contribution < -0.4 is 20.3 Å². The minimum atomic E-state index is -0.127. The number of ether oxygens (including phenoxy) is 3. The average Bonchev–Trinajstić information content (AvgIpc) is 3.39. The van der Waals surface area contributed by atoms with Crippen molar-refractivity contribution in [3.05, 3.63) is 34.1 Å². The van der Waals surface area contributed by atoms with Crippen LogP contribution in [0.2, 0.25) is 0 Å². The van der Waals surface area contributed by atoms with E-state index in [2.05, 4.69) is 15.2 Å². The van der Waals surface area contributed by atoms with E-state index in [1.165, 1.54) is 0 Å². The first-order valence-electron chi connectivity index (χ1n) is 10.2. The SMILES string of the molecule is CN(C)CCN(Cc1cc2cc3c(cc2[nH]c1=O)OCO3)C(=S)NC[C@@H]1CCCO1. The molecule has 0 aliphatic carbocycles. The number of fused-ring (bicyclic) bond motifs is 2. The number of H-pyrrole nitrogens is 1. The van der Waals surface area contributed by atoms with Gasteiger partial charge in [0.15, 0.2) is 16.6 Å². The standard InChI is InChI=1S/C21H28N4O4S/c1-24(2)5-6-25(21(30)22-11-16-4-3-7-27-16)12-15-8-14-9-18-19(29-13-28-18)10-17(14)23-20(15)26/h8-10,16H,3-7,11-13H2,1-2H3,(H,22,30)(H,23,26)/t16-/m0/s1. The second-order valence-electron chi connectivity index (χ2n) is 7.96. The van der Waals surface area contributed by atoms with Gasteiger partial charge in [0.05, 0.1) is 18.2 Å². The van der Waals surface area contributed by atoms with E-state index in [-0.39, 0.29) is 18.5 Å². The molecule has 0 radical (unpaired) electrons. The number of nitrogens with one attached hydrogen (secondary N) is 2. The summed E-state index contributed by atoms with van der Waals surface area (Å²) in [4.78, 5) is 19.8. The Morgan fingerprint density at radius 2 is 2.03 bits per heavy atom. The van der Waals surface area contributed by atoms with Gasteiger partial charge < -0.3 is 34.3 Å². The molecule has 2 aliphatic rings. The van der Waals surface area contributed by atoms with E-state index < -0.39 is 0 Å². The van der Waals surface area contributed by atoms with Gasteiger partial charge in [0.2, 0.25) is 6.79 Å². The van der Waals surface area contributed by atoms with Gasteiger partial charge in [0.1, 0.15) is 0 Å². The van der Waals surface area contributed by atoms with Crippen LogP contribution in [-0.2, 0) is 11.3 Å². The maximum absolute atomic E-state index is 12.7. The molecule has 0 amide bonds. The van der Waals surface area contributed by atoms with E-state index in [1.54, 1.807) is 6.07 Å². The predicted octanol–water partition coefficient (Wildman–Crippen LogP) is 1.67. The number of pyridine rings is 1. The number of rotatable bonds is 7. The monoisotopic (exact) mass is 432 g/mol. The molecule has 3 heterocycles. The van der Waals surface area contributed by atoms with Gasteiger partial charge in [-0.3, -0.25) is 4.79 Å². The Kier molecular flexibility index (Phi) is 6.40. The highest BCUT2D eigenvalue weighted by molar-refractivity contribution is 7.80. The Morgan fingerprint density at radius 1 is 1.23 bits per heavy atom. The number of aromatic amines is 1. The number of hydrogen-bond donors (Lipinski definition) is 2. The van der Waals surface area contributed by atoms with Gasteiger partial charge >= 0.3 is 0 Å². The first-order valence-corrected chi connectivity index (χ1v) is 10.6. The van der Waals surface area contributed by atoms with Crippen molar-refractivity contribution in [2.45, 2.75) is 25.5 Å². The summed E-state index contributed by atoms with van der Waals surface area (Å²) in [6, 6.07) is 5.61. The van der Waals surface area contributed by atoms with Crippen LogP contribution in [0.25, 0.3) is 10.9 Å². The Balaban J connectivity index is 1.52. The van der Waals surface area contributed by atoms with Crippen LogP contribution in [0.3, 0.4) is 0 Å². The average molecular weight is 433 g/mol. The van der Waals surface area contributed by atoms with Crippen molar-refractivity contribution in [1.82, 2.24) is 20.1 Å². The van der Waals surface area contributed by atoms with Crippen molar-refractivity contribution in [2.24, 2.45) is 0 Å². The first-order chi connectivity index (χ1) is 14.5. The summed E-state index contributed by atoms with van der Waals surface area (Å²) < 4.78 is 16.5. The minimum Gasteiger partial charge on any atom is -0.454 e. The zero-order chi connectivity index (χ0) is 21.1. The van der Waals surface area contributed by atoms with Crippen molar-refractivity contribution in [1.29, 1.82) is 0 Å². The maximum Gasteiger partial charge on any atom is 0.253 e. The fraction of sp³-hybridized carbons (Fsp3) is 0.524. The van der Waals surface area contributed by atoms with Gasteiger partial charge in [0, 0.05) is 43.3 Å². The fourth-order valence-corrected chi connectivity index (χ4v) is 3.89. The molecule has 1 aromatic carbocycles. The zero-order valence-corrected chi connectivity index (χ0v) is 18.2. The Morgan fingerprint density at radius 3 is 2.77 bits per heavy atom. The lowest BCUT2D eigenvalue weighted by Gasteiger charge is -2.28. The number of likely N-dealkylation sites (N-methyl/N-ethyl adjacent to an activating group) is 1. The summed E-state index contributed by atoms with van der Waals surface area (Å²) in [5.41, 5.74) is 1.26. The molecule has 0 spiro atoms. The van der Waals surface area contributed by atoms with Crippen LogP contribution in [0.5, 0.6) is 11.5 Å². The molecule has 2 aromatic rings. The topological polar surface area (TPSA) is 79.1 Å². The molecule has 30 heavy (non-hydrogen) atoms. The van der Waals surface area contributed by atoms with Gasteiger partial charge in [-0.1, -0.05) is 0 Å². The molecule has 162 valence electrons. The third kappa shape index (κ3) is 4.85. The number of nitrogens with zero attached hydrogens (tertiary/aromatic N) is 2. The predicted molar refractivity (Wildman–Crippen MR) is 119 cm³/mol. The van der Waals surface area contributed by atoms with Gasteiger partial charge in [-0.25, -0.2) is 0 Å². The van der Waals surface area contributed by atoms with Crippen LogP contribution in [0.15, 0.2) is 23.0 Å². The highest BCUT2D eigenvalue weighted by Gasteiger charge is 2.19. The van der Waals surface area contributed by atoms with Gasteiger partial charge in [-0.15, -0.1) is 0 Å². The van der Waals surface area contributed by atoms with Crippen LogP contribution >= 0.6 is 12.2 Å². The molecule has 0 unspecified atom stereocenters. The maximum atomic E-state index is 12.7. The molecule has 4 rings (SSSR count). The van der Waals surface area contributed by atoms with E-state index in [0.29, 0.717) is 41.8 Å². The Labute approximate surface area is 181 Å². The van der Waals surface area contributed by atoms with E-state index in [0.717, 1.165) is 36.9 Å². The quantitative estimate of drug-likeness (QED) is 0.640. The Hall–Kier alpha value is -2.36. The molecule has 2 N–H and O–H groups in total. The van der Waals surface area contributed by atoms with Crippen molar-refractivity contribution in [3.8, 4) is 11.5 Å². The summed E-state index contributed by atoms with van der Waals surface area (Å²) >= 11 is 5.66. The molecule has 1 saturated heterocycles. The van der Waals surface area contributed by atoms with E-state index >= 15 is 0 Å². The molecule has 1 fully saturated rings. The third-order valence-electron chi connectivity index (χ3n) is 5.38. The summed E-state index contributed by atoms with van der Waals surface area (Å²) in [5.74, 6) is 1.34. The number of thiocarbonyl (C=S) groups is 1. The van der Waals surface area contributed by atoms with Crippen molar-refractivity contribution < 1.29 is 14.2 Å². The lowest BCUT2D eigenvalue weighted by atomic mass is 10.1. The van der Waals surface area contributed by atoms with Gasteiger partial charge in [-0.05, 0) is 51.3 Å². The second kappa shape index (κ2) is 9.20. The molecule has 8 nitrogen and oxygen atoms in total. The van der Waals surface area contributed by atoms with Gasteiger partial charge in [-0.2, -0.15) is 0 Å². The summed E-state index contributed by atoms with van der Waals surface area (Å²) in [5, 5.41) is 4.86. The smallest absolute Gasteiger partial charge is 0.253 e. The first kappa shape index (κ1) is 20.9. The zero-order valence-electron chi connectivity index (χ0n) is 17.4. The number of aromatic nitrogens is 1. The van der Waals surface area contributed by atoms with Crippen molar-refractivity contribution >= 4 is 28.2 Å². The van der Waals surface area contributed by atoms with Crippen molar-refractivity contribution in [3.63, 3.8) is 0 Å². The number of benzene rings is 1. The fourth-order valence-electron chi connectivity index (χ4n) is 3.66. The highest BCUT2D eigenvalue weighted by atomic mass is 32.1. The van der Waals surface area contributed by atoms with Crippen LogP contribution in [0.4, 0.5) is 0 Å². The summed E-state index contributed by atoms with van der Waals surface area (Å²) in [7, 11) is 4.04. The normalized spacial score (nSPS) is 17.6. The molecule has 2 aliphatic heterocycles. The molecule has 9 heteroatoms. The lowest BCUT2D eigenvalue weighted by molar-refractivity contribution is 0.113. The lowest BCUT2D eigenvalue weighted by Crippen LogP contribution is -2.45. The third-order valence-corrected chi connectivity index (χ3v) is 5.79. The van der Waals surface area contributed by atoms with Crippen molar-refractivity contribution in [2.75, 3.05) is 47.1 Å². The molecular formula is C21H28N4O4S. The molecule has 0 bridgehead atoms. The minimum absolute atomic E-state index is 0.127. The largest absolute Gasteiger partial charge is 0.454 e. The van der Waals surface area contributed by atoms with E-state index in [4.69, 9.17) is 26.4 Å². The second-order valence-corrected chi connectivity index (χ2v) is 8.35.